The maximum atomic E-state index is 10.2. The molecule has 43 heavy (non-hydrogen) atoms. The summed E-state index contributed by atoms with van der Waals surface area (Å²) in [5.41, 5.74) is 10.2. The first-order chi connectivity index (χ1) is 21.0. The molecule has 0 bridgehead atoms. The third kappa shape index (κ3) is 5.31. The number of anilines is 2. The van der Waals surface area contributed by atoms with Crippen LogP contribution in [-0.4, -0.2) is 23.9 Å². The summed E-state index contributed by atoms with van der Waals surface area (Å²) in [6.45, 7) is 2.08. The highest BCUT2D eigenvalue weighted by Gasteiger charge is 2.38. The van der Waals surface area contributed by atoms with Crippen molar-refractivity contribution in [2.75, 3.05) is 10.6 Å². The highest BCUT2D eigenvalue weighted by Crippen LogP contribution is 2.38. The Labute approximate surface area is 251 Å². The minimum Gasteiger partial charge on any atom is -0.378 e. The lowest BCUT2D eigenvalue weighted by atomic mass is 9.69. The van der Waals surface area contributed by atoms with Gasteiger partial charge in [0.05, 0.1) is 51.1 Å². The van der Waals surface area contributed by atoms with Gasteiger partial charge in [-0.05, 0) is 54.7 Å². The summed E-state index contributed by atoms with van der Waals surface area (Å²) in [6, 6.07) is 27.7. The smallest absolute Gasteiger partial charge is 0.119 e. The Morgan fingerprint density at radius 2 is 1.81 bits per heavy atom. The van der Waals surface area contributed by atoms with Crippen molar-refractivity contribution in [3.05, 3.63) is 113 Å². The molecule has 4 N–H and O–H groups in total. The Kier molecular flexibility index (Phi) is 7.34. The molecule has 0 saturated heterocycles. The summed E-state index contributed by atoms with van der Waals surface area (Å²) in [5.74, 6) is 0. The van der Waals surface area contributed by atoms with Crippen LogP contribution in [0.2, 0.25) is 0 Å². The standard InChI is InChI=1S/C33H28BN9/c1-2-29(22-8-4-3-5-9-22)39-32-24(18-37)19-38-31-23(17-36)14-26(15-28(31)32)40-33(34,25-10-6-7-21(13-25)16-35)30-20-43(42-41-30)27-11-12-27/h3-10,13-15,19-20,27,29,40-42H,2,11-12H2,1H3,(H,38,39)/t29-,33?/m1/s1. The molecule has 0 spiro atoms. The number of rotatable bonds is 9. The van der Waals surface area contributed by atoms with Crippen molar-refractivity contribution < 1.29 is 0 Å². The number of hydrogen-bond acceptors (Lipinski definition) is 9. The summed E-state index contributed by atoms with van der Waals surface area (Å²) in [6.07, 6.45) is 6.37. The maximum absolute atomic E-state index is 10.2. The number of nitrogens with zero attached hydrogens (tertiary/aromatic N) is 5. The van der Waals surface area contributed by atoms with Crippen molar-refractivity contribution >= 4 is 30.1 Å². The monoisotopic (exact) mass is 561 g/mol. The predicted molar refractivity (Wildman–Crippen MR) is 166 cm³/mol. The van der Waals surface area contributed by atoms with Gasteiger partial charge in [0.15, 0.2) is 0 Å². The van der Waals surface area contributed by atoms with Gasteiger partial charge < -0.3 is 16.1 Å². The molecule has 4 aromatic rings. The molecule has 1 aliphatic heterocycles. The summed E-state index contributed by atoms with van der Waals surface area (Å²) >= 11 is 0. The van der Waals surface area contributed by atoms with E-state index in [1.165, 1.54) is 6.20 Å². The SMILES string of the molecule is [B]C(Nc1cc(C#N)c2ncc(C#N)c(N[C@H](CC)c3ccccc3)c2c1)(C1=CN(C2CC2)NN1)c1cccc(C#N)c1. The summed E-state index contributed by atoms with van der Waals surface area (Å²) in [4.78, 5) is 4.50. The largest absolute Gasteiger partial charge is 0.378 e. The van der Waals surface area contributed by atoms with Gasteiger partial charge >= 0.3 is 0 Å². The van der Waals surface area contributed by atoms with Crippen LogP contribution in [0.4, 0.5) is 11.4 Å². The lowest BCUT2D eigenvalue weighted by Crippen LogP contribution is -2.45. The topological polar surface area (TPSA) is 136 Å². The zero-order valence-corrected chi connectivity index (χ0v) is 23.6. The first kappa shape index (κ1) is 27.7. The van der Waals surface area contributed by atoms with E-state index in [2.05, 4.69) is 51.7 Å². The quantitative estimate of drug-likeness (QED) is 0.204. The molecule has 1 fully saturated rings. The number of hydrazine groups is 2. The first-order valence-electron chi connectivity index (χ1n) is 14.2. The Morgan fingerprint density at radius 1 is 1.02 bits per heavy atom. The molecule has 10 heteroatoms. The van der Waals surface area contributed by atoms with Crippen molar-refractivity contribution in [3.63, 3.8) is 0 Å². The van der Waals surface area contributed by atoms with Crippen LogP contribution in [0.5, 0.6) is 0 Å². The molecule has 0 amide bonds. The third-order valence-corrected chi connectivity index (χ3v) is 7.88. The van der Waals surface area contributed by atoms with Crippen molar-refractivity contribution in [3.8, 4) is 18.2 Å². The number of fused-ring (bicyclic) bond motifs is 1. The van der Waals surface area contributed by atoms with Gasteiger partial charge in [0.1, 0.15) is 20.0 Å². The van der Waals surface area contributed by atoms with Gasteiger partial charge in [-0.25, -0.2) is 0 Å². The van der Waals surface area contributed by atoms with E-state index in [-0.39, 0.29) is 6.04 Å². The van der Waals surface area contributed by atoms with Gasteiger partial charge in [-0.1, -0.05) is 49.4 Å². The first-order valence-corrected chi connectivity index (χ1v) is 14.2. The van der Waals surface area contributed by atoms with E-state index in [1.807, 2.05) is 53.7 Å². The fourth-order valence-corrected chi connectivity index (χ4v) is 5.42. The zero-order chi connectivity index (χ0) is 30.0. The molecule has 6 rings (SSSR count). The highest BCUT2D eigenvalue weighted by molar-refractivity contribution is 6.19. The second-order valence-corrected chi connectivity index (χ2v) is 10.7. The van der Waals surface area contributed by atoms with Crippen LogP contribution in [-0.2, 0) is 5.44 Å². The number of benzene rings is 3. The minimum absolute atomic E-state index is 0.0734. The van der Waals surface area contributed by atoms with Crippen LogP contribution >= 0.6 is 0 Å². The van der Waals surface area contributed by atoms with Gasteiger partial charge in [0.2, 0.25) is 0 Å². The number of nitrogens with one attached hydrogen (secondary N) is 4. The zero-order valence-electron chi connectivity index (χ0n) is 23.6. The van der Waals surface area contributed by atoms with Gasteiger partial charge in [-0.3, -0.25) is 9.99 Å². The number of pyridine rings is 1. The Morgan fingerprint density at radius 3 is 2.51 bits per heavy atom. The predicted octanol–water partition coefficient (Wildman–Crippen LogP) is 5.18. The lowest BCUT2D eigenvalue weighted by Gasteiger charge is -2.34. The van der Waals surface area contributed by atoms with E-state index in [0.29, 0.717) is 56.3 Å². The molecule has 3 aromatic carbocycles. The average molecular weight is 561 g/mol. The van der Waals surface area contributed by atoms with E-state index in [1.54, 1.807) is 24.3 Å². The molecule has 2 atom stereocenters. The van der Waals surface area contributed by atoms with Crippen molar-refractivity contribution in [1.82, 2.24) is 21.0 Å². The van der Waals surface area contributed by atoms with Gasteiger partial charge in [0, 0.05) is 29.5 Å². The molecule has 2 radical (unpaired) electrons. The minimum atomic E-state index is -1.31. The number of nitriles is 3. The molecule has 208 valence electrons. The van der Waals surface area contributed by atoms with Crippen LogP contribution in [0, 0.1) is 34.0 Å². The van der Waals surface area contributed by atoms with Crippen LogP contribution in [0.1, 0.15) is 60.0 Å². The van der Waals surface area contributed by atoms with Crippen molar-refractivity contribution in [2.24, 2.45) is 0 Å². The van der Waals surface area contributed by atoms with E-state index in [4.69, 9.17) is 7.85 Å². The van der Waals surface area contributed by atoms with E-state index in [0.717, 1.165) is 24.8 Å². The van der Waals surface area contributed by atoms with Gasteiger partial charge in [-0.2, -0.15) is 15.8 Å². The second kappa shape index (κ2) is 11.4. The Bertz CT molecular complexity index is 1850. The molecule has 1 aliphatic carbocycles. The maximum Gasteiger partial charge on any atom is 0.119 e. The highest BCUT2D eigenvalue weighted by atomic mass is 15.7. The van der Waals surface area contributed by atoms with Crippen LogP contribution in [0.25, 0.3) is 10.9 Å². The van der Waals surface area contributed by atoms with Crippen LogP contribution in [0.3, 0.4) is 0 Å². The fraction of sp³-hybridized carbons (Fsp3) is 0.212. The number of hydrogen-bond donors (Lipinski definition) is 4. The normalized spacial score (nSPS) is 16.1. The Hall–Kier alpha value is -5.50. The Balaban J connectivity index is 1.48. The van der Waals surface area contributed by atoms with Crippen LogP contribution in [0.15, 0.2) is 84.8 Å². The molecular weight excluding hydrogens is 533 g/mol. The van der Waals surface area contributed by atoms with Gasteiger partial charge in [0.25, 0.3) is 0 Å². The van der Waals surface area contributed by atoms with E-state index >= 15 is 0 Å². The third-order valence-electron chi connectivity index (χ3n) is 7.88. The molecular formula is C33H28BN9. The van der Waals surface area contributed by atoms with E-state index in [9.17, 15) is 15.8 Å². The van der Waals surface area contributed by atoms with Gasteiger partial charge in [-0.15, -0.1) is 5.53 Å². The summed E-state index contributed by atoms with van der Waals surface area (Å²) in [5, 5.41) is 39.5. The molecule has 1 saturated carbocycles. The van der Waals surface area contributed by atoms with Crippen molar-refractivity contribution in [1.29, 1.82) is 15.8 Å². The molecule has 2 heterocycles. The van der Waals surface area contributed by atoms with Crippen molar-refractivity contribution in [2.45, 2.75) is 43.7 Å². The second-order valence-electron chi connectivity index (χ2n) is 10.7. The summed E-state index contributed by atoms with van der Waals surface area (Å²) in [7, 11) is 7.19. The fourth-order valence-electron chi connectivity index (χ4n) is 5.42. The number of aromatic nitrogens is 1. The lowest BCUT2D eigenvalue weighted by molar-refractivity contribution is 0.260. The van der Waals surface area contributed by atoms with Crippen LogP contribution < -0.4 is 21.6 Å². The molecule has 9 nitrogen and oxygen atoms in total. The molecule has 1 unspecified atom stereocenters. The molecule has 2 aliphatic rings. The average Bonchev–Trinajstić information content (AvgIpc) is 3.78. The summed E-state index contributed by atoms with van der Waals surface area (Å²) < 4.78 is 0. The van der Waals surface area contributed by atoms with E-state index < -0.39 is 5.44 Å². The molecule has 1 aromatic heterocycles.